The van der Waals surface area contributed by atoms with Gasteiger partial charge in [0.25, 0.3) is 0 Å². The molecule has 0 aromatic carbocycles. The highest BCUT2D eigenvalue weighted by atomic mass is 16.6. The number of hydrogen-bond donors (Lipinski definition) is 2. The van der Waals surface area contributed by atoms with E-state index in [-0.39, 0.29) is 6.09 Å². The maximum atomic E-state index is 11.2. The Hall–Kier alpha value is -1.46. The third-order valence-corrected chi connectivity index (χ3v) is 3.66. The fraction of sp³-hybridized carbons (Fsp3) is 0.846. The first-order valence-electron chi connectivity index (χ1n) is 7.18. The van der Waals surface area contributed by atoms with E-state index in [1.54, 1.807) is 11.9 Å². The summed E-state index contributed by atoms with van der Waals surface area (Å²) in [4.78, 5) is 17.2. The van der Waals surface area contributed by atoms with Crippen molar-refractivity contribution < 1.29 is 9.53 Å². The van der Waals surface area contributed by atoms with Crippen molar-refractivity contribution in [3.05, 3.63) is 0 Å². The Morgan fingerprint density at radius 3 is 2.89 bits per heavy atom. The molecule has 0 spiro atoms. The van der Waals surface area contributed by atoms with Crippen molar-refractivity contribution in [2.45, 2.75) is 38.1 Å². The first kappa shape index (κ1) is 14.0. The molecule has 1 saturated heterocycles. The van der Waals surface area contributed by atoms with Gasteiger partial charge in [-0.1, -0.05) is 12.8 Å². The van der Waals surface area contributed by atoms with E-state index < -0.39 is 0 Å². The summed E-state index contributed by atoms with van der Waals surface area (Å²) in [7, 11) is 1.79. The van der Waals surface area contributed by atoms with Crippen LogP contribution in [0.5, 0.6) is 0 Å². The van der Waals surface area contributed by atoms with Crippen LogP contribution < -0.4 is 10.6 Å². The molecule has 0 bridgehead atoms. The van der Waals surface area contributed by atoms with Gasteiger partial charge in [0, 0.05) is 26.2 Å². The number of carbonyl (C=O) groups excluding carboxylic acids is 1. The molecular weight excluding hydrogens is 244 g/mol. The Labute approximate surface area is 114 Å². The third kappa shape index (κ3) is 4.29. The van der Waals surface area contributed by atoms with Gasteiger partial charge in [0.15, 0.2) is 5.96 Å². The van der Waals surface area contributed by atoms with Crippen molar-refractivity contribution in [3.8, 4) is 0 Å². The molecular formula is C13H24N4O2. The zero-order chi connectivity index (χ0) is 13.5. The molecule has 2 rings (SSSR count). The maximum Gasteiger partial charge on any atom is 0.409 e. The summed E-state index contributed by atoms with van der Waals surface area (Å²) in [6, 6.07) is 0.569. The van der Waals surface area contributed by atoms with Gasteiger partial charge in [0.1, 0.15) is 6.61 Å². The summed E-state index contributed by atoms with van der Waals surface area (Å²) in [6.45, 7) is 2.80. The van der Waals surface area contributed by atoms with Gasteiger partial charge < -0.3 is 20.3 Å². The van der Waals surface area contributed by atoms with Gasteiger partial charge in [-0.05, 0) is 19.3 Å². The van der Waals surface area contributed by atoms with Crippen molar-refractivity contribution >= 4 is 12.1 Å². The molecule has 1 amide bonds. The molecule has 0 unspecified atom stereocenters. The normalized spacial score (nSPS) is 20.8. The first-order chi connectivity index (χ1) is 9.29. The number of nitrogens with one attached hydrogen (secondary N) is 2. The number of carbonyl (C=O) groups is 1. The summed E-state index contributed by atoms with van der Waals surface area (Å²) in [5.74, 6) is 0.871. The molecule has 2 aliphatic rings. The zero-order valence-corrected chi connectivity index (χ0v) is 11.7. The van der Waals surface area contributed by atoms with Crippen molar-refractivity contribution in [2.75, 3.05) is 33.3 Å². The van der Waals surface area contributed by atoms with Crippen molar-refractivity contribution in [3.63, 3.8) is 0 Å². The monoisotopic (exact) mass is 268 g/mol. The van der Waals surface area contributed by atoms with Crippen LogP contribution in [0.2, 0.25) is 0 Å². The molecule has 1 heterocycles. The zero-order valence-electron chi connectivity index (χ0n) is 11.7. The lowest BCUT2D eigenvalue weighted by molar-refractivity contribution is 0.158. The lowest BCUT2D eigenvalue weighted by Gasteiger charge is -2.17. The molecule has 1 saturated carbocycles. The molecule has 6 heteroatoms. The van der Waals surface area contributed by atoms with Gasteiger partial charge in [0.2, 0.25) is 0 Å². The first-order valence-corrected chi connectivity index (χ1v) is 7.18. The van der Waals surface area contributed by atoms with E-state index in [0.29, 0.717) is 19.2 Å². The summed E-state index contributed by atoms with van der Waals surface area (Å²) in [5.41, 5.74) is 0. The molecule has 2 N–H and O–H groups in total. The van der Waals surface area contributed by atoms with Crippen molar-refractivity contribution in [1.29, 1.82) is 0 Å². The largest absolute Gasteiger partial charge is 0.448 e. The Kier molecular flexibility index (Phi) is 5.30. The minimum atomic E-state index is -0.187. The maximum absolute atomic E-state index is 11.2. The standard InChI is InChI=1S/C13H24N4O2/c1-14-12(16-11-5-2-3-6-11)15-7-4-8-17-9-10-19-13(17)18/h11H,2-10H2,1H3,(H2,14,15,16). The number of rotatable bonds is 5. The highest BCUT2D eigenvalue weighted by molar-refractivity contribution is 5.79. The number of guanidine groups is 1. The van der Waals surface area contributed by atoms with Gasteiger partial charge in [-0.25, -0.2) is 4.79 Å². The average Bonchev–Trinajstić information content (AvgIpc) is 3.05. The number of ether oxygens (including phenoxy) is 1. The van der Waals surface area contributed by atoms with Crippen LogP contribution in [0, 0.1) is 0 Å². The minimum absolute atomic E-state index is 0.187. The molecule has 108 valence electrons. The van der Waals surface area contributed by atoms with Gasteiger partial charge >= 0.3 is 6.09 Å². The highest BCUT2D eigenvalue weighted by Crippen LogP contribution is 2.17. The summed E-state index contributed by atoms with van der Waals surface area (Å²) in [6.07, 6.45) is 5.81. The van der Waals surface area contributed by atoms with Crippen LogP contribution in [0.15, 0.2) is 4.99 Å². The Bertz CT molecular complexity index is 327. The second kappa shape index (κ2) is 7.21. The minimum Gasteiger partial charge on any atom is -0.448 e. The van der Waals surface area contributed by atoms with Crippen LogP contribution in [-0.4, -0.2) is 56.3 Å². The topological polar surface area (TPSA) is 66.0 Å². The predicted octanol–water partition coefficient (Wildman–Crippen LogP) is 0.936. The molecule has 1 aliphatic heterocycles. The number of nitrogens with zero attached hydrogens (tertiary/aromatic N) is 2. The summed E-state index contributed by atoms with van der Waals surface area (Å²) in [5, 5.41) is 6.73. The molecule has 19 heavy (non-hydrogen) atoms. The van der Waals surface area contributed by atoms with Crippen molar-refractivity contribution in [1.82, 2.24) is 15.5 Å². The molecule has 0 aromatic heterocycles. The van der Waals surface area contributed by atoms with E-state index in [1.807, 2.05) is 0 Å². The van der Waals surface area contributed by atoms with Crippen LogP contribution >= 0.6 is 0 Å². The van der Waals surface area contributed by atoms with Crippen LogP contribution in [0.3, 0.4) is 0 Å². The second-order valence-electron chi connectivity index (χ2n) is 5.08. The number of cyclic esters (lactones) is 1. The molecule has 6 nitrogen and oxygen atoms in total. The Morgan fingerprint density at radius 1 is 1.47 bits per heavy atom. The van der Waals surface area contributed by atoms with E-state index in [9.17, 15) is 4.79 Å². The smallest absolute Gasteiger partial charge is 0.409 e. The van der Waals surface area contributed by atoms with Gasteiger partial charge in [-0.2, -0.15) is 0 Å². The number of amides is 1. The molecule has 0 radical (unpaired) electrons. The van der Waals surface area contributed by atoms with Gasteiger partial charge in [0.05, 0.1) is 6.54 Å². The number of aliphatic imine (C=N–C) groups is 1. The van der Waals surface area contributed by atoms with Gasteiger partial charge in [-0.3, -0.25) is 4.99 Å². The number of hydrogen-bond acceptors (Lipinski definition) is 3. The average molecular weight is 268 g/mol. The fourth-order valence-corrected chi connectivity index (χ4v) is 2.56. The lowest BCUT2D eigenvalue weighted by atomic mass is 10.2. The quantitative estimate of drug-likeness (QED) is 0.442. The van der Waals surface area contributed by atoms with E-state index >= 15 is 0 Å². The second-order valence-corrected chi connectivity index (χ2v) is 5.08. The van der Waals surface area contributed by atoms with E-state index in [1.165, 1.54) is 25.7 Å². The Balaban J connectivity index is 1.59. The lowest BCUT2D eigenvalue weighted by Crippen LogP contribution is -2.43. The van der Waals surface area contributed by atoms with Gasteiger partial charge in [-0.15, -0.1) is 0 Å². The molecule has 2 fully saturated rings. The van der Waals surface area contributed by atoms with E-state index in [0.717, 1.165) is 25.5 Å². The summed E-state index contributed by atoms with van der Waals surface area (Å²) < 4.78 is 4.88. The predicted molar refractivity (Wildman–Crippen MR) is 74.3 cm³/mol. The van der Waals surface area contributed by atoms with Crippen molar-refractivity contribution in [2.24, 2.45) is 4.99 Å². The molecule has 0 atom stereocenters. The van der Waals surface area contributed by atoms with Crippen LogP contribution in [-0.2, 0) is 4.74 Å². The van der Waals surface area contributed by atoms with Crippen LogP contribution in [0.4, 0.5) is 4.79 Å². The fourth-order valence-electron chi connectivity index (χ4n) is 2.56. The third-order valence-electron chi connectivity index (χ3n) is 3.66. The molecule has 1 aliphatic carbocycles. The van der Waals surface area contributed by atoms with E-state index in [4.69, 9.17) is 4.74 Å². The Morgan fingerprint density at radius 2 is 2.26 bits per heavy atom. The molecule has 0 aromatic rings. The SMILES string of the molecule is CN=C(NCCCN1CCOC1=O)NC1CCCC1. The van der Waals surface area contributed by atoms with E-state index in [2.05, 4.69) is 15.6 Å². The van der Waals surface area contributed by atoms with Crippen LogP contribution in [0.1, 0.15) is 32.1 Å². The highest BCUT2D eigenvalue weighted by Gasteiger charge is 2.21. The summed E-state index contributed by atoms with van der Waals surface area (Å²) >= 11 is 0. The van der Waals surface area contributed by atoms with Crippen LogP contribution in [0.25, 0.3) is 0 Å².